The Balaban J connectivity index is 1.58. The van der Waals surface area contributed by atoms with Crippen LogP contribution in [-0.4, -0.2) is 83.2 Å². The van der Waals surface area contributed by atoms with Gasteiger partial charge in [0.05, 0.1) is 13.7 Å². The second-order valence-electron chi connectivity index (χ2n) is 11.3. The molecule has 2 amide bonds. The Hall–Kier alpha value is -2.02. The van der Waals surface area contributed by atoms with Crippen LogP contribution >= 0.6 is 11.3 Å². The molecule has 3 heterocycles. The van der Waals surface area contributed by atoms with Crippen molar-refractivity contribution in [1.82, 2.24) is 15.6 Å². The first-order chi connectivity index (χ1) is 17.4. The van der Waals surface area contributed by atoms with Gasteiger partial charge in [0.25, 0.3) is 5.91 Å². The number of carbonyl (C=O) groups is 3. The van der Waals surface area contributed by atoms with E-state index in [0.29, 0.717) is 19.8 Å². The summed E-state index contributed by atoms with van der Waals surface area (Å²) < 4.78 is 16.4. The maximum atomic E-state index is 13.0. The van der Waals surface area contributed by atoms with Crippen LogP contribution in [-0.2, 0) is 23.5 Å². The fraction of sp³-hybridized carbons (Fsp3) is 0.760. The summed E-state index contributed by atoms with van der Waals surface area (Å²) in [4.78, 5) is 44.7. The highest BCUT2D eigenvalue weighted by atomic mass is 32.1. The topological polar surface area (TPSA) is 119 Å². The number of hydrogen-bond donors (Lipinski definition) is 2. The minimum Gasteiger partial charge on any atom is -0.467 e. The van der Waals surface area contributed by atoms with E-state index in [4.69, 9.17) is 13.9 Å². The van der Waals surface area contributed by atoms with E-state index in [-0.39, 0.29) is 35.2 Å². The van der Waals surface area contributed by atoms with Gasteiger partial charge in [0.15, 0.2) is 13.4 Å². The predicted octanol–water partition coefficient (Wildman–Crippen LogP) is 2.95. The molecule has 0 saturated carbocycles. The fourth-order valence-corrected chi connectivity index (χ4v) is 5.97. The molecule has 0 spiro atoms. The number of aromatic nitrogens is 1. The van der Waals surface area contributed by atoms with E-state index in [0.717, 1.165) is 37.4 Å². The average molecular weight is 555 g/mol. The van der Waals surface area contributed by atoms with E-state index in [2.05, 4.69) is 54.4 Å². The van der Waals surface area contributed by atoms with Crippen LogP contribution in [0.25, 0.3) is 0 Å². The van der Waals surface area contributed by atoms with Gasteiger partial charge >= 0.3 is 5.97 Å². The monoisotopic (exact) mass is 554 g/mol. The molecule has 2 atom stereocenters. The Morgan fingerprint density at radius 3 is 2.59 bits per heavy atom. The van der Waals surface area contributed by atoms with Crippen LogP contribution in [0.5, 0.6) is 0 Å². The molecule has 37 heavy (non-hydrogen) atoms. The van der Waals surface area contributed by atoms with Gasteiger partial charge in [0, 0.05) is 43.6 Å². The highest BCUT2D eigenvalue weighted by Gasteiger charge is 2.39. The molecule has 12 heteroatoms. The molecule has 10 nitrogen and oxygen atoms in total. The Bertz CT molecular complexity index is 944. The van der Waals surface area contributed by atoms with E-state index in [1.807, 2.05) is 0 Å². The number of ether oxygens (including phenoxy) is 2. The zero-order valence-electron chi connectivity index (χ0n) is 22.9. The Labute approximate surface area is 224 Å². The summed E-state index contributed by atoms with van der Waals surface area (Å²) in [6, 6.07) is -0.877. The Morgan fingerprint density at radius 2 is 1.95 bits per heavy atom. The number of carbonyl (C=O) groups excluding carboxylic acids is 3. The van der Waals surface area contributed by atoms with Crippen LogP contribution in [0.3, 0.4) is 0 Å². The summed E-state index contributed by atoms with van der Waals surface area (Å²) in [5.41, 5.74) is 0.245. The van der Waals surface area contributed by atoms with E-state index in [1.54, 1.807) is 5.38 Å². The van der Waals surface area contributed by atoms with Crippen molar-refractivity contribution in [2.75, 3.05) is 44.9 Å². The molecule has 3 rings (SSSR count). The van der Waals surface area contributed by atoms with Crippen LogP contribution in [0, 0.1) is 5.92 Å². The first kappa shape index (κ1) is 29.5. The van der Waals surface area contributed by atoms with E-state index >= 15 is 0 Å². The minimum atomic E-state index is -2.12. The molecule has 2 saturated heterocycles. The first-order valence-electron chi connectivity index (χ1n) is 13.0. The summed E-state index contributed by atoms with van der Waals surface area (Å²) in [7, 11) is -0.826. The number of esters is 1. The van der Waals surface area contributed by atoms with E-state index in [9.17, 15) is 14.4 Å². The Kier molecular flexibility index (Phi) is 10.1. The molecule has 0 aromatic carbocycles. The van der Waals surface area contributed by atoms with Gasteiger partial charge in [-0.2, -0.15) is 0 Å². The largest absolute Gasteiger partial charge is 0.467 e. The van der Waals surface area contributed by atoms with Crippen molar-refractivity contribution in [2.45, 2.75) is 76.7 Å². The molecule has 0 bridgehead atoms. The molecule has 1 aromatic rings. The standard InChI is InChI=1S/C25H42N4O6SSi/c1-25(2,3)37(5,6)35-15-19(23(32)33-4)27-22(31)20-16-36-24(28-20)29-11-7-8-18(14-29)26-21(30)17-9-12-34-13-10-17/h16-19H,7-15H2,1-6H3,(H,26,30)(H,27,31)/t18-,19-/m0/s1. The van der Waals surface area contributed by atoms with Gasteiger partial charge in [-0.05, 0) is 43.8 Å². The Morgan fingerprint density at radius 1 is 1.24 bits per heavy atom. The molecule has 2 N–H and O–H groups in total. The molecular weight excluding hydrogens is 512 g/mol. The van der Waals surface area contributed by atoms with Crippen LogP contribution in [0.4, 0.5) is 5.13 Å². The number of anilines is 1. The van der Waals surface area contributed by atoms with Crippen molar-refractivity contribution in [2.24, 2.45) is 5.92 Å². The molecule has 0 unspecified atom stereocenters. The maximum absolute atomic E-state index is 13.0. The first-order valence-corrected chi connectivity index (χ1v) is 16.8. The SMILES string of the molecule is COC(=O)[C@H](CO[Si](C)(C)C(C)(C)C)NC(=O)c1csc(N2CCC[C@H](NC(=O)C3CCOCC3)C2)n1. The third-order valence-electron chi connectivity index (χ3n) is 7.56. The molecule has 2 aliphatic heterocycles. The highest BCUT2D eigenvalue weighted by molar-refractivity contribution is 7.13. The molecule has 2 aliphatic rings. The summed E-state index contributed by atoms with van der Waals surface area (Å²) in [5, 5.41) is 8.32. The molecular formula is C25H42N4O6SSi. The third-order valence-corrected chi connectivity index (χ3v) is 13.0. The van der Waals surface area contributed by atoms with Crippen molar-refractivity contribution in [3.05, 3.63) is 11.1 Å². The smallest absolute Gasteiger partial charge is 0.330 e. The van der Waals surface area contributed by atoms with Gasteiger partial charge in [0.1, 0.15) is 11.7 Å². The van der Waals surface area contributed by atoms with E-state index < -0.39 is 26.2 Å². The number of thiazole rings is 1. The summed E-state index contributed by atoms with van der Waals surface area (Å²) in [6.45, 7) is 13.3. The van der Waals surface area contributed by atoms with Crippen molar-refractivity contribution < 1.29 is 28.3 Å². The second-order valence-corrected chi connectivity index (χ2v) is 17.0. The van der Waals surface area contributed by atoms with Crippen molar-refractivity contribution >= 4 is 42.6 Å². The summed E-state index contributed by atoms with van der Waals surface area (Å²) in [6.07, 6.45) is 3.37. The lowest BCUT2D eigenvalue weighted by Crippen LogP contribution is -2.50. The van der Waals surface area contributed by atoms with E-state index in [1.165, 1.54) is 18.4 Å². The lowest BCUT2D eigenvalue weighted by molar-refractivity contribution is -0.143. The van der Waals surface area contributed by atoms with Crippen LogP contribution in [0.1, 0.15) is 56.9 Å². The maximum Gasteiger partial charge on any atom is 0.330 e. The number of nitrogens with one attached hydrogen (secondary N) is 2. The van der Waals surface area contributed by atoms with Gasteiger partial charge < -0.3 is 29.4 Å². The quantitative estimate of drug-likeness (QED) is 0.353. The van der Waals surface area contributed by atoms with Crippen LogP contribution in [0.2, 0.25) is 18.1 Å². The molecule has 1 aromatic heterocycles. The molecule has 208 valence electrons. The average Bonchev–Trinajstić information content (AvgIpc) is 3.36. The normalized spacial score (nSPS) is 20.3. The lowest BCUT2D eigenvalue weighted by Gasteiger charge is -2.37. The van der Waals surface area contributed by atoms with Crippen LogP contribution < -0.4 is 15.5 Å². The number of piperidine rings is 1. The second kappa shape index (κ2) is 12.7. The zero-order valence-corrected chi connectivity index (χ0v) is 24.7. The van der Waals surface area contributed by atoms with Crippen molar-refractivity contribution in [3.63, 3.8) is 0 Å². The minimum absolute atomic E-state index is 0.0164. The van der Waals surface area contributed by atoms with Gasteiger partial charge in [-0.25, -0.2) is 9.78 Å². The highest BCUT2D eigenvalue weighted by Crippen LogP contribution is 2.36. The van der Waals surface area contributed by atoms with Gasteiger partial charge in [-0.15, -0.1) is 11.3 Å². The van der Waals surface area contributed by atoms with Gasteiger partial charge in [-0.3, -0.25) is 9.59 Å². The molecule has 0 aliphatic carbocycles. The molecule has 2 fully saturated rings. The summed E-state index contributed by atoms with van der Waals surface area (Å²) in [5.74, 6) is -0.884. The lowest BCUT2D eigenvalue weighted by atomic mass is 9.98. The fourth-order valence-electron chi connectivity index (χ4n) is 4.11. The number of hydrogen-bond acceptors (Lipinski definition) is 9. The van der Waals surface area contributed by atoms with Crippen LogP contribution in [0.15, 0.2) is 5.38 Å². The predicted molar refractivity (Wildman–Crippen MR) is 145 cm³/mol. The van der Waals surface area contributed by atoms with Gasteiger partial charge in [-0.1, -0.05) is 20.8 Å². The number of nitrogens with zero attached hydrogens (tertiary/aromatic N) is 2. The summed E-state index contributed by atoms with van der Waals surface area (Å²) >= 11 is 1.38. The number of methoxy groups -OCH3 is 1. The number of rotatable bonds is 9. The van der Waals surface area contributed by atoms with Gasteiger partial charge in [0.2, 0.25) is 5.91 Å². The van der Waals surface area contributed by atoms with Crippen molar-refractivity contribution in [1.29, 1.82) is 0 Å². The molecule has 0 radical (unpaired) electrons. The zero-order chi connectivity index (χ0) is 27.2. The number of amides is 2. The van der Waals surface area contributed by atoms with Crippen molar-refractivity contribution in [3.8, 4) is 0 Å². The third kappa shape index (κ3) is 7.98.